The molecule has 3 N–H and O–H groups in total. The second-order valence-electron chi connectivity index (χ2n) is 6.21. The molecule has 2 aromatic rings. The number of azide groups is 2. The molecule has 0 radical (unpaired) electrons. The number of phenolic OH excluding ortho intramolecular Hbond substituents is 2. The Balaban J connectivity index is 1.63. The highest BCUT2D eigenvalue weighted by Crippen LogP contribution is 2.27. The molecule has 0 aliphatic carbocycles. The van der Waals surface area contributed by atoms with Crippen LogP contribution in [0.25, 0.3) is 20.9 Å². The minimum atomic E-state index is -0.433. The summed E-state index contributed by atoms with van der Waals surface area (Å²) in [5.74, 6) is 0.234. The molecule has 0 saturated heterocycles. The van der Waals surface area contributed by atoms with E-state index in [0.717, 1.165) is 0 Å². The summed E-state index contributed by atoms with van der Waals surface area (Å²) in [5, 5.41) is 29.2. The molecule has 1 amide bonds. The number of hydrogen-bond donors (Lipinski definition) is 3. The maximum absolute atomic E-state index is 12.2. The third-order valence-corrected chi connectivity index (χ3v) is 6.51. The molecule has 0 spiro atoms. The molecule has 0 aliphatic heterocycles. The van der Waals surface area contributed by atoms with Crippen molar-refractivity contribution in [3.8, 4) is 11.5 Å². The minimum absolute atomic E-state index is 0.0915. The van der Waals surface area contributed by atoms with E-state index in [1.807, 2.05) is 0 Å². The smallest absolute Gasteiger partial charge is 0.255 e. The first-order chi connectivity index (χ1) is 15.5. The van der Waals surface area contributed by atoms with Crippen LogP contribution >= 0.6 is 21.6 Å². The summed E-state index contributed by atoms with van der Waals surface area (Å²) < 4.78 is 0. The fraction of sp³-hybridized carbons (Fsp3) is 0.263. The molecule has 0 heterocycles. The van der Waals surface area contributed by atoms with Crippen LogP contribution in [0.4, 0.5) is 11.4 Å². The molecular weight excluding hydrogens is 454 g/mol. The van der Waals surface area contributed by atoms with Crippen molar-refractivity contribution in [3.63, 3.8) is 0 Å². The number of hydrogen-bond acceptors (Lipinski definition) is 8. The SMILES string of the molecule is [N-]=[N+]=Nc1ccc(C(=O)CCCSSCCNC(=O)c2ccc(N=[N+]=[N-])cc2O)c(O)c1. The molecule has 13 heteroatoms. The van der Waals surface area contributed by atoms with Crippen LogP contribution in [0.5, 0.6) is 11.5 Å². The highest BCUT2D eigenvalue weighted by Gasteiger charge is 2.12. The summed E-state index contributed by atoms with van der Waals surface area (Å²) in [4.78, 5) is 29.5. The summed E-state index contributed by atoms with van der Waals surface area (Å²) in [7, 11) is 3.10. The van der Waals surface area contributed by atoms with Crippen LogP contribution in [0.2, 0.25) is 0 Å². The highest BCUT2D eigenvalue weighted by atomic mass is 33.1. The van der Waals surface area contributed by atoms with Gasteiger partial charge in [-0.3, -0.25) is 9.59 Å². The van der Waals surface area contributed by atoms with Gasteiger partial charge in [0, 0.05) is 45.7 Å². The minimum Gasteiger partial charge on any atom is -0.507 e. The van der Waals surface area contributed by atoms with E-state index in [9.17, 15) is 19.8 Å². The number of benzene rings is 2. The number of ketones is 1. The topological polar surface area (TPSA) is 184 Å². The summed E-state index contributed by atoms with van der Waals surface area (Å²) in [5.41, 5.74) is 17.5. The number of rotatable bonds is 12. The predicted molar refractivity (Wildman–Crippen MR) is 125 cm³/mol. The zero-order chi connectivity index (χ0) is 23.3. The van der Waals surface area contributed by atoms with E-state index < -0.39 is 5.91 Å². The van der Waals surface area contributed by atoms with E-state index in [-0.39, 0.29) is 46.2 Å². The largest absolute Gasteiger partial charge is 0.507 e. The maximum Gasteiger partial charge on any atom is 0.255 e. The first-order valence-corrected chi connectivity index (χ1v) is 11.8. The second-order valence-corrected chi connectivity index (χ2v) is 8.91. The Morgan fingerprint density at radius 3 is 2.03 bits per heavy atom. The maximum atomic E-state index is 12.2. The van der Waals surface area contributed by atoms with Crippen molar-refractivity contribution in [1.82, 2.24) is 5.32 Å². The Bertz CT molecular complexity index is 998. The third-order valence-electron chi connectivity index (χ3n) is 4.01. The van der Waals surface area contributed by atoms with E-state index in [1.165, 1.54) is 47.2 Å². The van der Waals surface area contributed by atoms with Gasteiger partial charge in [0.05, 0.1) is 11.1 Å². The monoisotopic (exact) mass is 473 g/mol. The first kappa shape index (κ1) is 24.8. The van der Waals surface area contributed by atoms with Crippen LogP contribution in [0.15, 0.2) is 46.6 Å². The Hall–Kier alpha value is -3.50. The lowest BCUT2D eigenvalue weighted by Crippen LogP contribution is -2.25. The number of Topliss-reactive ketones (excluding diaryl/α,β-unsaturated/α-hetero) is 1. The summed E-state index contributed by atoms with van der Waals surface area (Å²) in [6, 6.07) is 8.20. The molecule has 0 fully saturated rings. The van der Waals surface area contributed by atoms with Gasteiger partial charge in [0.1, 0.15) is 11.5 Å². The zero-order valence-corrected chi connectivity index (χ0v) is 18.3. The molecule has 0 aliphatic rings. The lowest BCUT2D eigenvalue weighted by molar-refractivity contribution is 0.0951. The average molecular weight is 474 g/mol. The fourth-order valence-electron chi connectivity index (χ4n) is 2.54. The van der Waals surface area contributed by atoms with Crippen LogP contribution in [-0.2, 0) is 0 Å². The van der Waals surface area contributed by atoms with Crippen molar-refractivity contribution in [3.05, 3.63) is 68.4 Å². The van der Waals surface area contributed by atoms with E-state index in [2.05, 4.69) is 25.4 Å². The van der Waals surface area contributed by atoms with Crippen molar-refractivity contribution in [2.24, 2.45) is 10.2 Å². The third kappa shape index (κ3) is 7.64. The Kier molecular flexibility index (Phi) is 10.1. The Morgan fingerprint density at radius 1 is 0.906 bits per heavy atom. The number of amides is 1. The number of aromatic hydroxyl groups is 2. The summed E-state index contributed by atoms with van der Waals surface area (Å²) in [6.45, 7) is 0.387. The molecule has 2 rings (SSSR count). The van der Waals surface area contributed by atoms with Crippen LogP contribution in [-0.4, -0.2) is 40.0 Å². The molecule has 166 valence electrons. The van der Waals surface area contributed by atoms with E-state index in [0.29, 0.717) is 24.5 Å². The van der Waals surface area contributed by atoms with Crippen molar-refractivity contribution in [2.75, 3.05) is 18.1 Å². The lowest BCUT2D eigenvalue weighted by Gasteiger charge is -2.07. The highest BCUT2D eigenvalue weighted by molar-refractivity contribution is 8.76. The molecule has 0 saturated carbocycles. The molecular formula is C19H19N7O4S2. The number of carbonyl (C=O) groups excluding carboxylic acids is 2. The average Bonchev–Trinajstić information content (AvgIpc) is 2.76. The molecule has 0 unspecified atom stereocenters. The first-order valence-electron chi connectivity index (χ1n) is 9.28. The van der Waals surface area contributed by atoms with Crippen molar-refractivity contribution in [1.29, 1.82) is 0 Å². The van der Waals surface area contributed by atoms with Crippen LogP contribution in [0.3, 0.4) is 0 Å². The van der Waals surface area contributed by atoms with Crippen LogP contribution in [0, 0.1) is 0 Å². The van der Waals surface area contributed by atoms with E-state index in [4.69, 9.17) is 11.1 Å². The van der Waals surface area contributed by atoms with Gasteiger partial charge in [0.2, 0.25) is 0 Å². The Labute approximate surface area is 190 Å². The van der Waals surface area contributed by atoms with Gasteiger partial charge in [0.25, 0.3) is 5.91 Å². The number of nitrogens with zero attached hydrogens (tertiary/aromatic N) is 6. The number of carbonyl (C=O) groups is 2. The van der Waals surface area contributed by atoms with Gasteiger partial charge in [-0.2, -0.15) is 0 Å². The normalized spacial score (nSPS) is 10.0. The predicted octanol–water partition coefficient (Wildman–Crippen LogP) is 5.76. The van der Waals surface area contributed by atoms with Crippen molar-refractivity contribution >= 4 is 44.7 Å². The molecule has 0 aromatic heterocycles. The fourth-order valence-corrected chi connectivity index (χ4v) is 4.54. The zero-order valence-electron chi connectivity index (χ0n) is 16.7. The standard InChI is InChI=1S/C19H19N7O4S2/c20-25-23-12-3-5-14(17(28)10-12)16(27)2-1-8-31-32-9-7-22-19(30)15-6-4-13(24-26-21)11-18(15)29/h3-6,10-11,28-29H,1-2,7-9H2,(H,22,30). The quantitative estimate of drug-likeness (QED) is 0.0878. The van der Waals surface area contributed by atoms with E-state index >= 15 is 0 Å². The molecule has 0 atom stereocenters. The van der Waals surface area contributed by atoms with Gasteiger partial charge in [0.15, 0.2) is 5.78 Å². The van der Waals surface area contributed by atoms with Gasteiger partial charge in [-0.25, -0.2) is 0 Å². The molecule has 2 aromatic carbocycles. The van der Waals surface area contributed by atoms with Gasteiger partial charge in [-0.05, 0) is 41.7 Å². The lowest BCUT2D eigenvalue weighted by atomic mass is 10.1. The van der Waals surface area contributed by atoms with Gasteiger partial charge in [-0.1, -0.05) is 43.9 Å². The van der Waals surface area contributed by atoms with Gasteiger partial charge >= 0.3 is 0 Å². The van der Waals surface area contributed by atoms with Crippen LogP contribution in [0.1, 0.15) is 33.6 Å². The van der Waals surface area contributed by atoms with E-state index in [1.54, 1.807) is 10.8 Å². The summed E-state index contributed by atoms with van der Waals surface area (Å²) >= 11 is 0. The second kappa shape index (κ2) is 13.0. The molecule has 32 heavy (non-hydrogen) atoms. The molecule has 0 bridgehead atoms. The van der Waals surface area contributed by atoms with Crippen LogP contribution < -0.4 is 5.32 Å². The van der Waals surface area contributed by atoms with Gasteiger partial charge < -0.3 is 15.5 Å². The van der Waals surface area contributed by atoms with Crippen molar-refractivity contribution < 1.29 is 19.8 Å². The molecule has 11 nitrogen and oxygen atoms in total. The van der Waals surface area contributed by atoms with Crippen molar-refractivity contribution in [2.45, 2.75) is 12.8 Å². The summed E-state index contributed by atoms with van der Waals surface area (Å²) in [6.07, 6.45) is 0.885. The Morgan fingerprint density at radius 2 is 1.47 bits per heavy atom. The number of phenols is 2. The van der Waals surface area contributed by atoms with Gasteiger partial charge in [-0.15, -0.1) is 0 Å². The number of nitrogens with one attached hydrogen (secondary N) is 1.